The Morgan fingerprint density at radius 1 is 1.42 bits per heavy atom. The van der Waals surface area contributed by atoms with E-state index in [0.29, 0.717) is 24.4 Å². The van der Waals surface area contributed by atoms with Gasteiger partial charge in [0.25, 0.3) is 0 Å². The number of nitrogens with zero attached hydrogens (tertiary/aromatic N) is 1. The molecule has 1 fully saturated rings. The van der Waals surface area contributed by atoms with Gasteiger partial charge in [0.15, 0.2) is 5.96 Å². The van der Waals surface area contributed by atoms with Crippen LogP contribution in [-0.2, 0) is 9.53 Å². The molecule has 0 aromatic heterocycles. The highest BCUT2D eigenvalue weighted by Crippen LogP contribution is 2.25. The van der Waals surface area contributed by atoms with Gasteiger partial charge in [-0.05, 0) is 18.6 Å². The van der Waals surface area contributed by atoms with Crippen LogP contribution in [0.1, 0.15) is 12.8 Å². The fourth-order valence-electron chi connectivity index (χ4n) is 1.76. The van der Waals surface area contributed by atoms with E-state index in [4.69, 9.17) is 4.74 Å². The number of carbonyl (C=O) groups excluding carboxylic acids is 1. The monoisotopic (exact) mass is 288 g/mol. The number of nitrogens with one attached hydrogen (secondary N) is 3. The summed E-state index contributed by atoms with van der Waals surface area (Å²) in [5.41, 5.74) is 0. The lowest BCUT2D eigenvalue weighted by atomic mass is 10.2. The highest BCUT2D eigenvalue weighted by atomic mass is 32.2. The Kier molecular flexibility index (Phi) is 8.40. The maximum Gasteiger partial charge on any atom is 0.239 e. The summed E-state index contributed by atoms with van der Waals surface area (Å²) < 4.78 is 4.86. The van der Waals surface area contributed by atoms with E-state index in [2.05, 4.69) is 20.9 Å². The minimum Gasteiger partial charge on any atom is -0.383 e. The molecule has 1 aliphatic rings. The van der Waals surface area contributed by atoms with Crippen LogP contribution in [0.2, 0.25) is 0 Å². The van der Waals surface area contributed by atoms with Crippen molar-refractivity contribution in [3.05, 3.63) is 0 Å². The number of thioether (sulfide) groups is 1. The molecule has 1 unspecified atom stereocenters. The molecule has 19 heavy (non-hydrogen) atoms. The van der Waals surface area contributed by atoms with Crippen LogP contribution in [-0.4, -0.2) is 63.3 Å². The second-order valence-electron chi connectivity index (χ2n) is 4.28. The minimum atomic E-state index is -0.0600. The molecule has 0 bridgehead atoms. The Balaban J connectivity index is 2.12. The number of methoxy groups -OCH3 is 1. The van der Waals surface area contributed by atoms with E-state index in [-0.39, 0.29) is 12.5 Å². The molecule has 0 radical (unpaired) electrons. The molecule has 0 aromatic rings. The topological polar surface area (TPSA) is 74.8 Å². The van der Waals surface area contributed by atoms with Crippen LogP contribution in [0.25, 0.3) is 0 Å². The first-order chi connectivity index (χ1) is 9.26. The Labute approximate surface area is 119 Å². The van der Waals surface area contributed by atoms with E-state index in [1.807, 2.05) is 11.8 Å². The molecule has 1 atom stereocenters. The first-order valence-electron chi connectivity index (χ1n) is 6.58. The van der Waals surface area contributed by atoms with E-state index in [0.717, 1.165) is 6.54 Å². The van der Waals surface area contributed by atoms with Crippen molar-refractivity contribution in [1.82, 2.24) is 16.0 Å². The summed E-state index contributed by atoms with van der Waals surface area (Å²) in [5, 5.41) is 9.65. The zero-order valence-corrected chi connectivity index (χ0v) is 12.5. The second-order valence-corrected chi connectivity index (χ2v) is 5.69. The van der Waals surface area contributed by atoms with Crippen LogP contribution < -0.4 is 16.0 Å². The van der Waals surface area contributed by atoms with E-state index in [1.54, 1.807) is 14.2 Å². The molecular weight excluding hydrogens is 264 g/mol. The second kappa shape index (κ2) is 9.91. The first-order valence-corrected chi connectivity index (χ1v) is 7.63. The van der Waals surface area contributed by atoms with Crippen molar-refractivity contribution in [2.24, 2.45) is 4.99 Å². The van der Waals surface area contributed by atoms with Gasteiger partial charge in [-0.1, -0.05) is 0 Å². The molecule has 0 aliphatic carbocycles. The van der Waals surface area contributed by atoms with Crippen LogP contribution in [0.15, 0.2) is 4.99 Å². The zero-order chi connectivity index (χ0) is 13.9. The van der Waals surface area contributed by atoms with Gasteiger partial charge in [-0.2, -0.15) is 11.8 Å². The third-order valence-corrected chi connectivity index (χ3v) is 4.19. The molecule has 1 rings (SSSR count). The van der Waals surface area contributed by atoms with Crippen molar-refractivity contribution in [3.8, 4) is 0 Å². The molecule has 1 saturated heterocycles. The summed E-state index contributed by atoms with van der Waals surface area (Å²) in [7, 11) is 3.32. The quantitative estimate of drug-likeness (QED) is 0.344. The van der Waals surface area contributed by atoms with Crippen LogP contribution >= 0.6 is 11.8 Å². The molecule has 3 N–H and O–H groups in total. The predicted octanol–water partition coefficient (Wildman–Crippen LogP) is -0.190. The van der Waals surface area contributed by atoms with Gasteiger partial charge in [0.2, 0.25) is 5.91 Å². The van der Waals surface area contributed by atoms with E-state index in [1.165, 1.54) is 18.6 Å². The van der Waals surface area contributed by atoms with Gasteiger partial charge >= 0.3 is 0 Å². The van der Waals surface area contributed by atoms with E-state index in [9.17, 15) is 4.79 Å². The number of carbonyl (C=O) groups is 1. The van der Waals surface area contributed by atoms with Crippen molar-refractivity contribution in [1.29, 1.82) is 0 Å². The number of hydrogen-bond acceptors (Lipinski definition) is 4. The summed E-state index contributed by atoms with van der Waals surface area (Å²) in [5.74, 6) is 1.87. The summed E-state index contributed by atoms with van der Waals surface area (Å²) in [6.07, 6.45) is 2.55. The number of ether oxygens (including phenoxy) is 1. The van der Waals surface area contributed by atoms with Gasteiger partial charge < -0.3 is 20.7 Å². The van der Waals surface area contributed by atoms with Crippen LogP contribution in [0.3, 0.4) is 0 Å². The Bertz CT molecular complexity index is 293. The van der Waals surface area contributed by atoms with Crippen molar-refractivity contribution in [2.45, 2.75) is 18.1 Å². The average molecular weight is 288 g/mol. The largest absolute Gasteiger partial charge is 0.383 e. The molecule has 0 spiro atoms. The number of aliphatic imine (C=N–C) groups is 1. The lowest BCUT2D eigenvalue weighted by Gasteiger charge is -2.14. The molecule has 0 saturated carbocycles. The number of guanidine groups is 1. The highest BCUT2D eigenvalue weighted by molar-refractivity contribution is 8.00. The Morgan fingerprint density at radius 3 is 2.89 bits per heavy atom. The molecule has 1 amide bonds. The Hall–Kier alpha value is -0.950. The Morgan fingerprint density at radius 2 is 2.26 bits per heavy atom. The van der Waals surface area contributed by atoms with Gasteiger partial charge in [-0.25, -0.2) is 0 Å². The first kappa shape index (κ1) is 16.1. The number of rotatable bonds is 7. The van der Waals surface area contributed by atoms with Gasteiger partial charge in [-0.15, -0.1) is 0 Å². The van der Waals surface area contributed by atoms with Gasteiger partial charge in [-0.3, -0.25) is 9.79 Å². The van der Waals surface area contributed by atoms with Crippen LogP contribution in [0.4, 0.5) is 0 Å². The lowest BCUT2D eigenvalue weighted by molar-refractivity contribution is -0.120. The normalized spacial score (nSPS) is 19.3. The number of amides is 1. The maximum absolute atomic E-state index is 11.5. The molecule has 1 heterocycles. The standard InChI is InChI=1S/C12H24N4O2S/c1-13-12(15-8-10-4-3-7-19-10)16-9-11(17)14-5-6-18-2/h10H,3-9H2,1-2H3,(H,14,17)(H2,13,15,16). The molecule has 0 aromatic carbocycles. The minimum absolute atomic E-state index is 0.0600. The zero-order valence-electron chi connectivity index (χ0n) is 11.7. The fourth-order valence-corrected chi connectivity index (χ4v) is 2.96. The summed E-state index contributed by atoms with van der Waals surface area (Å²) in [6, 6.07) is 0. The van der Waals surface area contributed by atoms with Gasteiger partial charge in [0, 0.05) is 32.5 Å². The van der Waals surface area contributed by atoms with Gasteiger partial charge in [0.05, 0.1) is 13.2 Å². The highest BCUT2D eigenvalue weighted by Gasteiger charge is 2.15. The van der Waals surface area contributed by atoms with E-state index < -0.39 is 0 Å². The molecule has 7 heteroatoms. The van der Waals surface area contributed by atoms with Crippen molar-refractivity contribution in [2.75, 3.05) is 46.2 Å². The molecular formula is C12H24N4O2S. The van der Waals surface area contributed by atoms with Gasteiger partial charge in [0.1, 0.15) is 0 Å². The molecule has 1 aliphatic heterocycles. The predicted molar refractivity (Wildman–Crippen MR) is 79.7 cm³/mol. The summed E-state index contributed by atoms with van der Waals surface area (Å²) in [6.45, 7) is 2.18. The molecule has 110 valence electrons. The lowest BCUT2D eigenvalue weighted by Crippen LogP contribution is -2.45. The number of hydrogen-bond donors (Lipinski definition) is 3. The SMILES string of the molecule is CN=C(NCC(=O)NCCOC)NCC1CCCS1. The summed E-state index contributed by atoms with van der Waals surface area (Å²) >= 11 is 1.99. The van der Waals surface area contributed by atoms with Crippen LogP contribution in [0, 0.1) is 0 Å². The van der Waals surface area contributed by atoms with Crippen molar-refractivity contribution < 1.29 is 9.53 Å². The molecule has 6 nitrogen and oxygen atoms in total. The van der Waals surface area contributed by atoms with Crippen molar-refractivity contribution in [3.63, 3.8) is 0 Å². The van der Waals surface area contributed by atoms with Crippen LogP contribution in [0.5, 0.6) is 0 Å². The average Bonchev–Trinajstić information content (AvgIpc) is 2.92. The fraction of sp³-hybridized carbons (Fsp3) is 0.833. The maximum atomic E-state index is 11.5. The smallest absolute Gasteiger partial charge is 0.239 e. The third kappa shape index (κ3) is 7.27. The van der Waals surface area contributed by atoms with E-state index >= 15 is 0 Å². The van der Waals surface area contributed by atoms with Crippen molar-refractivity contribution >= 4 is 23.6 Å². The summed E-state index contributed by atoms with van der Waals surface area (Å²) in [4.78, 5) is 15.6. The third-order valence-electron chi connectivity index (χ3n) is 2.79.